The Balaban J connectivity index is 3.35. The second-order valence-electron chi connectivity index (χ2n) is 1.14. The zero-order valence-corrected chi connectivity index (χ0v) is 4.56. The van der Waals surface area contributed by atoms with Crippen LogP contribution < -0.4 is 5.32 Å². The van der Waals surface area contributed by atoms with E-state index in [2.05, 4.69) is 11.2 Å². The van der Waals surface area contributed by atoms with Crippen LogP contribution in [0.4, 0.5) is 0 Å². The van der Waals surface area contributed by atoms with E-state index in [0.29, 0.717) is 6.54 Å². The van der Waals surface area contributed by atoms with Crippen LogP contribution in [-0.4, -0.2) is 24.7 Å². The number of hydrogen-bond acceptors (Lipinski definition) is 2. The van der Waals surface area contributed by atoms with Crippen LogP contribution >= 0.6 is 0 Å². The molecule has 0 spiro atoms. The first-order valence-electron chi connectivity index (χ1n) is 2.13. The predicted molar refractivity (Wildman–Crippen MR) is 29.3 cm³/mol. The molecule has 0 aliphatic heterocycles. The Kier molecular flexibility index (Phi) is 3.63. The van der Waals surface area contributed by atoms with Gasteiger partial charge in [-0.3, -0.25) is 0 Å². The topological polar surface area (TPSA) is 49.3 Å². The minimum Gasteiger partial charge on any atom is -0.472 e. The lowest BCUT2D eigenvalue weighted by molar-refractivity contribution is -0.130. The SMILES string of the molecule is CNCC#CC(=O)O. The standard InChI is InChI=1S/C5H7NO2/c1-6-4-2-3-5(7)8/h6H,4H2,1H3,(H,7,8). The molecule has 0 atom stereocenters. The summed E-state index contributed by atoms with van der Waals surface area (Å²) in [4.78, 5) is 9.67. The van der Waals surface area contributed by atoms with E-state index in [-0.39, 0.29) is 0 Å². The van der Waals surface area contributed by atoms with Crippen LogP contribution in [0.15, 0.2) is 0 Å². The van der Waals surface area contributed by atoms with Gasteiger partial charge in [-0.25, -0.2) is 4.79 Å². The summed E-state index contributed by atoms with van der Waals surface area (Å²) in [5, 5.41) is 10.6. The zero-order valence-electron chi connectivity index (χ0n) is 4.56. The molecule has 0 aliphatic carbocycles. The van der Waals surface area contributed by atoms with Crippen molar-refractivity contribution < 1.29 is 9.90 Å². The molecule has 3 heteroatoms. The van der Waals surface area contributed by atoms with Crippen LogP contribution in [0.3, 0.4) is 0 Å². The second kappa shape index (κ2) is 4.16. The molecule has 2 N–H and O–H groups in total. The van der Waals surface area contributed by atoms with Crippen LogP contribution in [0.1, 0.15) is 0 Å². The monoisotopic (exact) mass is 113 g/mol. The van der Waals surface area contributed by atoms with Crippen LogP contribution in [0.25, 0.3) is 0 Å². The average molecular weight is 113 g/mol. The van der Waals surface area contributed by atoms with Gasteiger partial charge < -0.3 is 10.4 Å². The third kappa shape index (κ3) is 4.99. The van der Waals surface area contributed by atoms with Gasteiger partial charge in [-0.1, -0.05) is 5.92 Å². The first kappa shape index (κ1) is 6.99. The highest BCUT2D eigenvalue weighted by Gasteiger charge is 1.79. The van der Waals surface area contributed by atoms with Gasteiger partial charge in [-0.05, 0) is 7.05 Å². The van der Waals surface area contributed by atoms with Crippen molar-refractivity contribution in [2.45, 2.75) is 0 Å². The fraction of sp³-hybridized carbons (Fsp3) is 0.400. The van der Waals surface area contributed by atoms with Crippen molar-refractivity contribution in [1.82, 2.24) is 5.32 Å². The first-order valence-corrected chi connectivity index (χ1v) is 2.13. The third-order valence-corrected chi connectivity index (χ3v) is 0.460. The van der Waals surface area contributed by atoms with E-state index >= 15 is 0 Å². The van der Waals surface area contributed by atoms with Crippen molar-refractivity contribution >= 4 is 5.97 Å². The summed E-state index contributed by atoms with van der Waals surface area (Å²) in [5.41, 5.74) is 0. The van der Waals surface area contributed by atoms with E-state index in [1.807, 2.05) is 5.92 Å². The smallest absolute Gasteiger partial charge is 0.381 e. The number of aliphatic carboxylic acids is 1. The Morgan fingerprint density at radius 2 is 2.50 bits per heavy atom. The van der Waals surface area contributed by atoms with E-state index in [1.54, 1.807) is 7.05 Å². The van der Waals surface area contributed by atoms with Crippen molar-refractivity contribution in [1.29, 1.82) is 0 Å². The Bertz CT molecular complexity index is 131. The molecule has 0 fully saturated rings. The van der Waals surface area contributed by atoms with Crippen molar-refractivity contribution in [3.63, 3.8) is 0 Å². The Morgan fingerprint density at radius 3 is 2.88 bits per heavy atom. The molecule has 0 heterocycles. The molecule has 3 nitrogen and oxygen atoms in total. The lowest BCUT2D eigenvalue weighted by Gasteiger charge is -1.79. The summed E-state index contributed by atoms with van der Waals surface area (Å²) < 4.78 is 0. The second-order valence-corrected chi connectivity index (χ2v) is 1.14. The molecule has 44 valence electrons. The van der Waals surface area contributed by atoms with Gasteiger partial charge in [0.25, 0.3) is 0 Å². The van der Waals surface area contributed by atoms with Crippen molar-refractivity contribution in [2.75, 3.05) is 13.6 Å². The number of carbonyl (C=O) groups is 1. The summed E-state index contributed by atoms with van der Waals surface area (Å²) in [6, 6.07) is 0. The van der Waals surface area contributed by atoms with Gasteiger partial charge in [-0.2, -0.15) is 0 Å². The lowest BCUT2D eigenvalue weighted by atomic mass is 10.6. The van der Waals surface area contributed by atoms with E-state index in [4.69, 9.17) is 5.11 Å². The molecule has 0 saturated heterocycles. The maximum absolute atomic E-state index is 9.67. The van der Waals surface area contributed by atoms with Crippen LogP contribution in [0, 0.1) is 11.8 Å². The van der Waals surface area contributed by atoms with Gasteiger partial charge in [0.2, 0.25) is 0 Å². The van der Waals surface area contributed by atoms with Crippen LogP contribution in [0.5, 0.6) is 0 Å². The number of carboxylic acid groups (broad SMARTS) is 1. The summed E-state index contributed by atoms with van der Waals surface area (Å²) in [5.74, 6) is 3.24. The fourth-order valence-corrected chi connectivity index (χ4v) is 0.208. The summed E-state index contributed by atoms with van der Waals surface area (Å²) >= 11 is 0. The van der Waals surface area contributed by atoms with Crippen LogP contribution in [0.2, 0.25) is 0 Å². The molecule has 0 aromatic carbocycles. The molecule has 0 saturated carbocycles. The van der Waals surface area contributed by atoms with E-state index < -0.39 is 5.97 Å². The van der Waals surface area contributed by atoms with Gasteiger partial charge in [-0.15, -0.1) is 0 Å². The highest BCUT2D eigenvalue weighted by molar-refractivity contribution is 5.86. The molecule has 0 unspecified atom stereocenters. The molecular formula is C5H7NO2. The summed E-state index contributed by atoms with van der Waals surface area (Å²) in [7, 11) is 1.70. The van der Waals surface area contributed by atoms with Crippen molar-refractivity contribution in [2.24, 2.45) is 0 Å². The largest absolute Gasteiger partial charge is 0.472 e. The van der Waals surface area contributed by atoms with Gasteiger partial charge in [0.15, 0.2) is 0 Å². The molecule has 0 aliphatic rings. The Hall–Kier alpha value is -1.01. The Morgan fingerprint density at radius 1 is 1.88 bits per heavy atom. The quantitative estimate of drug-likeness (QED) is 0.442. The van der Waals surface area contributed by atoms with Gasteiger partial charge in [0.1, 0.15) is 0 Å². The van der Waals surface area contributed by atoms with E-state index in [1.165, 1.54) is 0 Å². The maximum Gasteiger partial charge on any atom is 0.381 e. The molecule has 0 amide bonds. The van der Waals surface area contributed by atoms with Gasteiger partial charge in [0.05, 0.1) is 6.54 Å². The molecular weight excluding hydrogens is 106 g/mol. The number of hydrogen-bond donors (Lipinski definition) is 2. The minimum absolute atomic E-state index is 0.423. The van der Waals surface area contributed by atoms with Crippen LogP contribution in [-0.2, 0) is 4.79 Å². The molecule has 0 aromatic heterocycles. The highest BCUT2D eigenvalue weighted by Crippen LogP contribution is 1.54. The van der Waals surface area contributed by atoms with Gasteiger partial charge >= 0.3 is 5.97 Å². The normalized spacial score (nSPS) is 7.12. The third-order valence-electron chi connectivity index (χ3n) is 0.460. The summed E-state index contributed by atoms with van der Waals surface area (Å²) in [6.45, 7) is 0.423. The number of carboxylic acids is 1. The predicted octanol–water partition coefficient (Wildman–Crippen LogP) is -0.706. The summed E-state index contributed by atoms with van der Waals surface area (Å²) in [6.07, 6.45) is 0. The minimum atomic E-state index is -1.08. The molecule has 8 heavy (non-hydrogen) atoms. The molecule has 0 radical (unpaired) electrons. The zero-order chi connectivity index (χ0) is 6.41. The lowest BCUT2D eigenvalue weighted by Crippen LogP contribution is -2.05. The van der Waals surface area contributed by atoms with E-state index in [0.717, 1.165) is 0 Å². The van der Waals surface area contributed by atoms with E-state index in [9.17, 15) is 4.79 Å². The fourth-order valence-electron chi connectivity index (χ4n) is 0.208. The van der Waals surface area contributed by atoms with Crippen molar-refractivity contribution in [3.8, 4) is 11.8 Å². The Labute approximate surface area is 47.7 Å². The molecule has 0 aromatic rings. The highest BCUT2D eigenvalue weighted by atomic mass is 16.4. The molecule has 0 bridgehead atoms. The molecule has 0 rings (SSSR count). The van der Waals surface area contributed by atoms with Crippen molar-refractivity contribution in [3.05, 3.63) is 0 Å². The number of nitrogens with one attached hydrogen (secondary N) is 1. The number of rotatable bonds is 1. The van der Waals surface area contributed by atoms with Gasteiger partial charge in [0, 0.05) is 5.92 Å². The maximum atomic E-state index is 9.67. The average Bonchev–Trinajstić information content (AvgIpc) is 1.66. The first-order chi connectivity index (χ1) is 3.77.